The molecule has 0 bridgehead atoms. The second-order valence-electron chi connectivity index (χ2n) is 3.44. The molecule has 1 rings (SSSR count). The second kappa shape index (κ2) is 6.01. The number of anilines is 1. The lowest BCUT2D eigenvalue weighted by atomic mass is 10.2. The molecule has 0 amide bonds. The molecule has 1 aromatic carbocycles. The third kappa shape index (κ3) is 3.97. The summed E-state index contributed by atoms with van der Waals surface area (Å²) >= 11 is 0. The minimum atomic E-state index is -0.378. The summed E-state index contributed by atoms with van der Waals surface area (Å²) in [6.07, 6.45) is 3.46. The number of nitro groups is 1. The zero-order valence-corrected chi connectivity index (χ0v) is 8.90. The fourth-order valence-corrected chi connectivity index (χ4v) is 1.34. The molecule has 0 heterocycles. The molecule has 0 spiro atoms. The summed E-state index contributed by atoms with van der Waals surface area (Å²) < 4.78 is 0. The number of nitrogens with zero attached hydrogens (tertiary/aromatic N) is 1. The largest absolute Gasteiger partial charge is 0.385 e. The lowest BCUT2D eigenvalue weighted by Crippen LogP contribution is -2.01. The Labute approximate surface area is 89.5 Å². The van der Waals surface area contributed by atoms with E-state index in [1.807, 2.05) is 6.07 Å². The molecule has 0 atom stereocenters. The van der Waals surface area contributed by atoms with Crippen molar-refractivity contribution in [2.75, 3.05) is 11.9 Å². The van der Waals surface area contributed by atoms with Crippen LogP contribution in [0.5, 0.6) is 0 Å². The Kier molecular flexibility index (Phi) is 4.60. The average molecular weight is 208 g/mol. The highest BCUT2D eigenvalue weighted by Crippen LogP contribution is 2.16. The first-order chi connectivity index (χ1) is 7.24. The van der Waals surface area contributed by atoms with Gasteiger partial charge in [-0.25, -0.2) is 0 Å². The summed E-state index contributed by atoms with van der Waals surface area (Å²) in [5.41, 5.74) is 0.954. The van der Waals surface area contributed by atoms with Gasteiger partial charge in [0.25, 0.3) is 5.69 Å². The molecular weight excluding hydrogens is 192 g/mol. The maximum absolute atomic E-state index is 10.5. The summed E-state index contributed by atoms with van der Waals surface area (Å²) in [6.45, 7) is 3.02. The van der Waals surface area contributed by atoms with Crippen LogP contribution in [0.1, 0.15) is 26.2 Å². The molecule has 82 valence electrons. The zero-order valence-electron chi connectivity index (χ0n) is 8.90. The lowest BCUT2D eigenvalue weighted by Gasteiger charge is -2.04. The van der Waals surface area contributed by atoms with E-state index in [1.54, 1.807) is 12.1 Å². The molecule has 0 aliphatic heterocycles. The number of hydrogen-bond acceptors (Lipinski definition) is 3. The van der Waals surface area contributed by atoms with Gasteiger partial charge in [0.15, 0.2) is 0 Å². The van der Waals surface area contributed by atoms with Gasteiger partial charge in [-0.15, -0.1) is 0 Å². The maximum atomic E-state index is 10.5. The van der Waals surface area contributed by atoms with Crippen LogP contribution in [0.25, 0.3) is 0 Å². The van der Waals surface area contributed by atoms with E-state index in [9.17, 15) is 10.1 Å². The number of unbranched alkanes of at least 4 members (excludes halogenated alkanes) is 2. The van der Waals surface area contributed by atoms with Gasteiger partial charge in [-0.05, 0) is 12.5 Å². The molecule has 0 fully saturated rings. The Morgan fingerprint density at radius 1 is 1.40 bits per heavy atom. The Balaban J connectivity index is 2.47. The summed E-state index contributed by atoms with van der Waals surface area (Å²) in [6, 6.07) is 6.60. The first kappa shape index (κ1) is 11.5. The van der Waals surface area contributed by atoms with Crippen LogP contribution in [-0.2, 0) is 0 Å². The molecule has 0 radical (unpaired) electrons. The predicted octanol–water partition coefficient (Wildman–Crippen LogP) is 3.20. The van der Waals surface area contributed by atoms with E-state index in [-0.39, 0.29) is 10.6 Å². The first-order valence-electron chi connectivity index (χ1n) is 5.22. The van der Waals surface area contributed by atoms with Gasteiger partial charge in [0.05, 0.1) is 4.92 Å². The molecule has 0 aliphatic carbocycles. The molecule has 0 unspecified atom stereocenters. The minimum absolute atomic E-state index is 0.135. The molecular formula is C11H16N2O2. The van der Waals surface area contributed by atoms with E-state index in [0.29, 0.717) is 0 Å². The van der Waals surface area contributed by atoms with Crippen molar-refractivity contribution in [3.05, 3.63) is 34.4 Å². The van der Waals surface area contributed by atoms with Crippen molar-refractivity contribution in [2.45, 2.75) is 26.2 Å². The molecule has 0 aromatic heterocycles. The van der Waals surface area contributed by atoms with Crippen LogP contribution in [0.15, 0.2) is 24.3 Å². The Morgan fingerprint density at radius 2 is 2.20 bits per heavy atom. The number of hydrogen-bond donors (Lipinski definition) is 1. The van der Waals surface area contributed by atoms with Crippen molar-refractivity contribution in [3.8, 4) is 0 Å². The van der Waals surface area contributed by atoms with Crippen LogP contribution in [0, 0.1) is 10.1 Å². The number of benzene rings is 1. The van der Waals surface area contributed by atoms with Crippen molar-refractivity contribution in [2.24, 2.45) is 0 Å². The molecule has 4 heteroatoms. The van der Waals surface area contributed by atoms with Crippen LogP contribution in [-0.4, -0.2) is 11.5 Å². The van der Waals surface area contributed by atoms with E-state index in [2.05, 4.69) is 12.2 Å². The minimum Gasteiger partial charge on any atom is -0.385 e. The van der Waals surface area contributed by atoms with Gasteiger partial charge in [-0.2, -0.15) is 0 Å². The van der Waals surface area contributed by atoms with Crippen LogP contribution in [0.2, 0.25) is 0 Å². The van der Waals surface area contributed by atoms with Crippen molar-refractivity contribution in [1.82, 2.24) is 0 Å². The molecule has 1 aromatic rings. The van der Waals surface area contributed by atoms with Crippen LogP contribution >= 0.6 is 0 Å². The van der Waals surface area contributed by atoms with E-state index < -0.39 is 0 Å². The van der Waals surface area contributed by atoms with Crippen molar-refractivity contribution < 1.29 is 4.92 Å². The van der Waals surface area contributed by atoms with Gasteiger partial charge in [-0.3, -0.25) is 10.1 Å². The quantitative estimate of drug-likeness (QED) is 0.443. The Morgan fingerprint density at radius 3 is 2.87 bits per heavy atom. The van der Waals surface area contributed by atoms with Gasteiger partial charge in [0, 0.05) is 24.4 Å². The highest BCUT2D eigenvalue weighted by Gasteiger charge is 2.04. The average Bonchev–Trinajstić information content (AvgIpc) is 2.25. The van der Waals surface area contributed by atoms with Gasteiger partial charge in [-0.1, -0.05) is 25.8 Å². The zero-order chi connectivity index (χ0) is 11.1. The smallest absolute Gasteiger partial charge is 0.271 e. The first-order valence-corrected chi connectivity index (χ1v) is 5.22. The van der Waals surface area contributed by atoms with Crippen molar-refractivity contribution in [3.63, 3.8) is 0 Å². The van der Waals surface area contributed by atoms with E-state index in [0.717, 1.165) is 18.7 Å². The standard InChI is InChI=1S/C11H16N2O2/c1-2-3-4-8-12-10-6-5-7-11(9-10)13(14)15/h5-7,9,12H,2-4,8H2,1H3. The molecule has 15 heavy (non-hydrogen) atoms. The third-order valence-corrected chi connectivity index (χ3v) is 2.17. The number of rotatable bonds is 6. The molecule has 4 nitrogen and oxygen atoms in total. The fraction of sp³-hybridized carbons (Fsp3) is 0.455. The molecule has 0 saturated heterocycles. The van der Waals surface area contributed by atoms with E-state index in [1.165, 1.54) is 18.9 Å². The van der Waals surface area contributed by atoms with E-state index >= 15 is 0 Å². The fourth-order valence-electron chi connectivity index (χ4n) is 1.34. The second-order valence-corrected chi connectivity index (χ2v) is 3.44. The number of non-ortho nitro benzene ring substituents is 1. The third-order valence-electron chi connectivity index (χ3n) is 2.17. The van der Waals surface area contributed by atoms with Gasteiger partial charge >= 0.3 is 0 Å². The normalized spacial score (nSPS) is 9.93. The summed E-state index contributed by atoms with van der Waals surface area (Å²) in [5.74, 6) is 0. The Hall–Kier alpha value is -1.58. The van der Waals surface area contributed by atoms with Crippen LogP contribution < -0.4 is 5.32 Å². The SMILES string of the molecule is CCCCCNc1cccc([N+](=O)[O-])c1. The number of nitrogens with one attached hydrogen (secondary N) is 1. The predicted molar refractivity (Wildman–Crippen MR) is 61.1 cm³/mol. The number of nitro benzene ring substituents is 1. The van der Waals surface area contributed by atoms with Crippen molar-refractivity contribution in [1.29, 1.82) is 0 Å². The van der Waals surface area contributed by atoms with Crippen molar-refractivity contribution >= 4 is 11.4 Å². The van der Waals surface area contributed by atoms with Crippen LogP contribution in [0.4, 0.5) is 11.4 Å². The highest BCUT2D eigenvalue weighted by atomic mass is 16.6. The van der Waals surface area contributed by atoms with Gasteiger partial charge < -0.3 is 5.32 Å². The lowest BCUT2D eigenvalue weighted by molar-refractivity contribution is -0.384. The molecule has 0 saturated carbocycles. The van der Waals surface area contributed by atoms with E-state index in [4.69, 9.17) is 0 Å². The highest BCUT2D eigenvalue weighted by molar-refractivity contribution is 5.50. The molecule has 0 aliphatic rings. The van der Waals surface area contributed by atoms with Crippen LogP contribution in [0.3, 0.4) is 0 Å². The monoisotopic (exact) mass is 208 g/mol. The van der Waals surface area contributed by atoms with Gasteiger partial charge in [0.2, 0.25) is 0 Å². The summed E-state index contributed by atoms with van der Waals surface area (Å²) in [7, 11) is 0. The maximum Gasteiger partial charge on any atom is 0.271 e. The summed E-state index contributed by atoms with van der Waals surface area (Å²) in [4.78, 5) is 10.1. The molecule has 1 N–H and O–H groups in total. The van der Waals surface area contributed by atoms with Gasteiger partial charge in [0.1, 0.15) is 0 Å². The summed E-state index contributed by atoms with van der Waals surface area (Å²) in [5, 5.41) is 13.7. The Bertz CT molecular complexity index is 326. The topological polar surface area (TPSA) is 55.2 Å².